The maximum atomic E-state index is 4.92. The Labute approximate surface area is 186 Å². The number of benzene rings is 3. The summed E-state index contributed by atoms with van der Waals surface area (Å²) in [5, 5.41) is 2.54. The lowest BCUT2D eigenvalue weighted by atomic mass is 9.83. The minimum absolute atomic E-state index is 0.0854. The number of rotatable bonds is 1. The summed E-state index contributed by atoms with van der Waals surface area (Å²) in [5.74, 6) is 0. The van der Waals surface area contributed by atoms with E-state index in [0.29, 0.717) is 0 Å². The topological polar surface area (TPSA) is 12.9 Å². The molecule has 1 heteroatoms. The van der Waals surface area contributed by atoms with Crippen LogP contribution in [0.1, 0.15) is 52.7 Å². The third kappa shape index (κ3) is 3.47. The zero-order valence-corrected chi connectivity index (χ0v) is 19.5. The summed E-state index contributed by atoms with van der Waals surface area (Å²) in [6.45, 7) is 13.8. The summed E-state index contributed by atoms with van der Waals surface area (Å²) in [6, 6.07) is 22.8. The molecule has 0 atom stereocenters. The maximum absolute atomic E-state index is 4.92. The molecule has 1 heterocycles. The summed E-state index contributed by atoms with van der Waals surface area (Å²) in [5.41, 5.74) is 10.6. The highest BCUT2D eigenvalue weighted by molar-refractivity contribution is 6.12. The van der Waals surface area contributed by atoms with E-state index in [1.54, 1.807) is 0 Å². The molecular formula is C30H31N. The van der Waals surface area contributed by atoms with Gasteiger partial charge in [-0.25, -0.2) is 0 Å². The van der Waals surface area contributed by atoms with Gasteiger partial charge >= 0.3 is 0 Å². The quantitative estimate of drug-likeness (QED) is 0.273. The van der Waals surface area contributed by atoms with Crippen LogP contribution in [0.15, 0.2) is 66.9 Å². The largest absolute Gasteiger partial charge is 0.256 e. The number of nitrogens with zero attached hydrogens (tertiary/aromatic N) is 1. The van der Waals surface area contributed by atoms with E-state index >= 15 is 0 Å². The Morgan fingerprint density at radius 2 is 1.39 bits per heavy atom. The van der Waals surface area contributed by atoms with Gasteiger partial charge in [0.1, 0.15) is 0 Å². The average molecular weight is 406 g/mol. The van der Waals surface area contributed by atoms with Gasteiger partial charge in [-0.3, -0.25) is 4.98 Å². The summed E-state index contributed by atoms with van der Waals surface area (Å²) < 4.78 is 0. The molecule has 0 aliphatic heterocycles. The Morgan fingerprint density at radius 1 is 0.677 bits per heavy atom. The van der Waals surface area contributed by atoms with Crippen LogP contribution in [0.2, 0.25) is 0 Å². The average Bonchev–Trinajstić information content (AvgIpc) is 2.81. The van der Waals surface area contributed by atoms with E-state index < -0.39 is 0 Å². The molecule has 0 radical (unpaired) electrons. The van der Waals surface area contributed by atoms with Crippen LogP contribution in [0, 0.1) is 5.41 Å². The van der Waals surface area contributed by atoms with Gasteiger partial charge in [-0.1, -0.05) is 90.1 Å². The molecule has 0 bridgehead atoms. The van der Waals surface area contributed by atoms with Gasteiger partial charge in [0.25, 0.3) is 0 Å². The Hall–Kier alpha value is -2.93. The number of hydrogen-bond donors (Lipinski definition) is 0. The zero-order chi connectivity index (χ0) is 22.0. The minimum Gasteiger partial charge on any atom is -0.256 e. The van der Waals surface area contributed by atoms with Crippen LogP contribution in [0.5, 0.6) is 0 Å². The normalized spacial score (nSPS) is 13.0. The Balaban J connectivity index is 1.89. The van der Waals surface area contributed by atoms with Gasteiger partial charge in [-0.05, 0) is 68.2 Å². The molecule has 0 fully saturated rings. The fourth-order valence-electron chi connectivity index (χ4n) is 4.86. The first-order valence-corrected chi connectivity index (χ1v) is 11.3. The number of aromatic nitrogens is 1. The molecule has 0 amide bonds. The number of pyridine rings is 1. The fourth-order valence-corrected chi connectivity index (χ4v) is 4.86. The highest BCUT2D eigenvalue weighted by Crippen LogP contribution is 2.48. The molecule has 156 valence electrons. The van der Waals surface area contributed by atoms with Crippen LogP contribution >= 0.6 is 0 Å². The highest BCUT2D eigenvalue weighted by Gasteiger charge is 2.25. The van der Waals surface area contributed by atoms with Crippen molar-refractivity contribution in [3.8, 4) is 33.5 Å². The number of fused-ring (bicyclic) bond motifs is 5. The second kappa shape index (κ2) is 6.79. The van der Waals surface area contributed by atoms with E-state index in [1.807, 2.05) is 6.20 Å². The van der Waals surface area contributed by atoms with Crippen molar-refractivity contribution in [1.29, 1.82) is 0 Å². The molecule has 1 aromatic heterocycles. The molecule has 4 aromatic rings. The predicted molar refractivity (Wildman–Crippen MR) is 133 cm³/mol. The van der Waals surface area contributed by atoms with E-state index in [-0.39, 0.29) is 10.8 Å². The van der Waals surface area contributed by atoms with Crippen LogP contribution in [0.25, 0.3) is 44.3 Å². The lowest BCUT2D eigenvalue weighted by molar-refractivity contribution is 0.411. The lowest BCUT2D eigenvalue weighted by Crippen LogP contribution is -2.11. The second-order valence-corrected chi connectivity index (χ2v) is 11.2. The summed E-state index contributed by atoms with van der Waals surface area (Å²) >= 11 is 0. The van der Waals surface area contributed by atoms with Gasteiger partial charge in [0.2, 0.25) is 0 Å². The van der Waals surface area contributed by atoms with Crippen molar-refractivity contribution in [1.82, 2.24) is 4.98 Å². The SMILES string of the molecule is CC(C)(C)Cc1ccc2c(c1)-c1ccccc1-c1cc(C(C)(C)C)cc3ccnc-2c13. The van der Waals surface area contributed by atoms with Gasteiger partial charge in [-0.15, -0.1) is 0 Å². The van der Waals surface area contributed by atoms with Crippen molar-refractivity contribution < 1.29 is 0 Å². The van der Waals surface area contributed by atoms with Crippen LogP contribution in [-0.4, -0.2) is 4.98 Å². The summed E-state index contributed by atoms with van der Waals surface area (Å²) in [7, 11) is 0. The van der Waals surface area contributed by atoms with Crippen LogP contribution in [-0.2, 0) is 11.8 Å². The van der Waals surface area contributed by atoms with E-state index in [0.717, 1.165) is 12.1 Å². The van der Waals surface area contributed by atoms with Gasteiger partial charge in [0.05, 0.1) is 5.69 Å². The molecule has 31 heavy (non-hydrogen) atoms. The second-order valence-electron chi connectivity index (χ2n) is 11.2. The van der Waals surface area contributed by atoms with Gasteiger partial charge in [0, 0.05) is 17.1 Å². The fraction of sp³-hybridized carbons (Fsp3) is 0.300. The summed E-state index contributed by atoms with van der Waals surface area (Å²) in [4.78, 5) is 4.92. The Kier molecular flexibility index (Phi) is 4.38. The first-order valence-electron chi connectivity index (χ1n) is 11.3. The van der Waals surface area contributed by atoms with Crippen molar-refractivity contribution in [2.24, 2.45) is 5.41 Å². The van der Waals surface area contributed by atoms with Crippen LogP contribution in [0.4, 0.5) is 0 Å². The highest BCUT2D eigenvalue weighted by atomic mass is 14.7. The van der Waals surface area contributed by atoms with E-state index in [9.17, 15) is 0 Å². The lowest BCUT2D eigenvalue weighted by Gasteiger charge is -2.22. The Bertz CT molecular complexity index is 1310. The molecule has 0 saturated carbocycles. The standard InChI is InChI=1S/C30H31N/c1-29(2,3)18-19-11-12-24-25(15-19)22-9-7-8-10-23(22)26-17-21(30(4,5)6)16-20-13-14-31-28(24)27(20)26/h7-17H,18H2,1-6H3. The Morgan fingerprint density at radius 3 is 2.06 bits per heavy atom. The first-order chi connectivity index (χ1) is 14.6. The van der Waals surface area contributed by atoms with Crippen molar-refractivity contribution in [2.45, 2.75) is 53.4 Å². The third-order valence-corrected chi connectivity index (χ3v) is 6.31. The third-order valence-electron chi connectivity index (χ3n) is 6.31. The molecule has 1 nitrogen and oxygen atoms in total. The molecule has 0 saturated heterocycles. The maximum Gasteiger partial charge on any atom is 0.0792 e. The van der Waals surface area contributed by atoms with Gasteiger partial charge in [0.15, 0.2) is 0 Å². The van der Waals surface area contributed by atoms with Crippen molar-refractivity contribution in [3.63, 3.8) is 0 Å². The minimum atomic E-state index is 0.0854. The number of hydrogen-bond acceptors (Lipinski definition) is 1. The molecule has 1 aliphatic rings. The first kappa shape index (κ1) is 20.0. The molecule has 0 N–H and O–H groups in total. The van der Waals surface area contributed by atoms with Crippen LogP contribution in [0.3, 0.4) is 0 Å². The van der Waals surface area contributed by atoms with Gasteiger partial charge < -0.3 is 0 Å². The predicted octanol–water partition coefficient (Wildman–Crippen LogP) is 8.44. The van der Waals surface area contributed by atoms with Crippen molar-refractivity contribution in [2.75, 3.05) is 0 Å². The van der Waals surface area contributed by atoms with Crippen LogP contribution < -0.4 is 0 Å². The molecule has 3 aromatic carbocycles. The zero-order valence-electron chi connectivity index (χ0n) is 19.5. The molecule has 0 unspecified atom stereocenters. The summed E-state index contributed by atoms with van der Waals surface area (Å²) in [6.07, 6.45) is 3.03. The van der Waals surface area contributed by atoms with Crippen molar-refractivity contribution >= 4 is 10.8 Å². The molecule has 5 rings (SSSR count). The van der Waals surface area contributed by atoms with E-state index in [1.165, 1.54) is 49.7 Å². The smallest absolute Gasteiger partial charge is 0.0792 e. The monoisotopic (exact) mass is 405 g/mol. The molecule has 1 aliphatic carbocycles. The van der Waals surface area contributed by atoms with E-state index in [2.05, 4.69) is 102 Å². The van der Waals surface area contributed by atoms with E-state index in [4.69, 9.17) is 4.98 Å². The van der Waals surface area contributed by atoms with Gasteiger partial charge in [-0.2, -0.15) is 0 Å². The molecular weight excluding hydrogens is 374 g/mol. The molecule has 0 spiro atoms. The van der Waals surface area contributed by atoms with Crippen molar-refractivity contribution in [3.05, 3.63) is 78.0 Å².